The van der Waals surface area contributed by atoms with Crippen LogP contribution in [0.15, 0.2) is 47.3 Å². The number of carbonyl (C=O) groups excluding carboxylic acids is 2. The van der Waals surface area contributed by atoms with Crippen LogP contribution in [-0.2, 0) is 11.3 Å². The molecule has 0 saturated carbocycles. The number of para-hydroxylation sites is 2. The monoisotopic (exact) mass is 642 g/mol. The molecule has 0 spiro atoms. The minimum atomic E-state index is -1.24. The molecule has 0 bridgehead atoms. The first kappa shape index (κ1) is 31.3. The second-order valence-corrected chi connectivity index (χ2v) is 13.6. The van der Waals surface area contributed by atoms with Crippen molar-refractivity contribution in [3.8, 4) is 0 Å². The SMILES string of the molecule is CN1CCC(N2CCN(C3(CC=O)CC(n4c(=O)[nH]c5ccccc54)CC[N@+]3(Cc3ccc(Cl)c(Cl)c3)C(=O)[O-])CC2)CC1. The number of amides is 1. The van der Waals surface area contributed by atoms with E-state index in [1.807, 2.05) is 24.3 Å². The first-order valence-electron chi connectivity index (χ1n) is 15.5. The smallest absolute Gasteiger partial charge is 0.326 e. The molecular formula is C32H40Cl2N6O4. The van der Waals surface area contributed by atoms with Gasteiger partial charge in [-0.25, -0.2) is 9.69 Å². The Kier molecular flexibility index (Phi) is 8.94. The topological polar surface area (TPSA) is 105 Å². The molecule has 3 fully saturated rings. The Balaban J connectivity index is 1.41. The summed E-state index contributed by atoms with van der Waals surface area (Å²) in [5, 5.41) is 14.3. The molecule has 1 amide bonds. The predicted octanol–water partition coefficient (Wildman–Crippen LogP) is 3.33. The van der Waals surface area contributed by atoms with Crippen LogP contribution in [0.5, 0.6) is 0 Å². The fourth-order valence-corrected chi connectivity index (χ4v) is 8.50. The number of rotatable bonds is 7. The number of likely N-dealkylation sites (tertiary alicyclic amines) is 2. The van der Waals surface area contributed by atoms with E-state index in [0.717, 1.165) is 56.3 Å². The van der Waals surface area contributed by atoms with E-state index in [2.05, 4.69) is 26.7 Å². The number of aromatic nitrogens is 2. The minimum Gasteiger partial charge on any atom is -0.498 e. The number of piperazine rings is 1. The maximum absolute atomic E-state index is 13.6. The van der Waals surface area contributed by atoms with E-state index < -0.39 is 16.2 Å². The van der Waals surface area contributed by atoms with Crippen LogP contribution in [0.1, 0.15) is 43.7 Å². The molecule has 3 aliphatic rings. The van der Waals surface area contributed by atoms with Gasteiger partial charge in [-0.2, -0.15) is 0 Å². The van der Waals surface area contributed by atoms with Gasteiger partial charge in [0.15, 0.2) is 5.66 Å². The van der Waals surface area contributed by atoms with Crippen LogP contribution in [0, 0.1) is 0 Å². The fourth-order valence-electron chi connectivity index (χ4n) is 8.17. The van der Waals surface area contributed by atoms with Gasteiger partial charge in [0.05, 0.1) is 40.1 Å². The van der Waals surface area contributed by atoms with E-state index >= 15 is 0 Å². The molecule has 6 rings (SSSR count). The highest BCUT2D eigenvalue weighted by Crippen LogP contribution is 2.47. The lowest BCUT2D eigenvalue weighted by Gasteiger charge is -2.61. The van der Waals surface area contributed by atoms with Crippen LogP contribution >= 0.6 is 23.2 Å². The number of nitrogens with one attached hydrogen (secondary N) is 1. The number of carbonyl (C=O) groups is 2. The van der Waals surface area contributed by atoms with Crippen LogP contribution in [0.3, 0.4) is 0 Å². The number of carboxylic acid groups (broad SMARTS) is 1. The zero-order valence-corrected chi connectivity index (χ0v) is 26.6. The van der Waals surface area contributed by atoms with E-state index in [1.165, 1.54) is 0 Å². The number of piperidine rings is 2. The van der Waals surface area contributed by atoms with Crippen LogP contribution in [0.4, 0.5) is 4.79 Å². The number of aromatic amines is 1. The highest BCUT2D eigenvalue weighted by atomic mass is 35.5. The molecule has 10 nitrogen and oxygen atoms in total. The van der Waals surface area contributed by atoms with Gasteiger partial charge in [-0.05, 0) is 57.2 Å². The van der Waals surface area contributed by atoms with Crippen LogP contribution in [-0.4, -0.2) is 106 Å². The van der Waals surface area contributed by atoms with Crippen LogP contribution < -0.4 is 10.8 Å². The van der Waals surface area contributed by atoms with Gasteiger partial charge >= 0.3 is 5.69 Å². The number of hydrogen-bond donors (Lipinski definition) is 1. The Morgan fingerprint density at radius 3 is 2.43 bits per heavy atom. The van der Waals surface area contributed by atoms with Crippen molar-refractivity contribution in [2.75, 3.05) is 52.9 Å². The summed E-state index contributed by atoms with van der Waals surface area (Å²) in [5.74, 6) is 0. The third-order valence-corrected chi connectivity index (χ3v) is 11.2. The third-order valence-electron chi connectivity index (χ3n) is 10.5. The normalized spacial score (nSPS) is 27.9. The zero-order chi connectivity index (χ0) is 31.1. The summed E-state index contributed by atoms with van der Waals surface area (Å²) >= 11 is 12.6. The first-order chi connectivity index (χ1) is 21.2. The third kappa shape index (κ3) is 5.50. The van der Waals surface area contributed by atoms with E-state index in [0.29, 0.717) is 47.6 Å². The zero-order valence-electron chi connectivity index (χ0n) is 25.1. The van der Waals surface area contributed by atoms with E-state index in [4.69, 9.17) is 23.2 Å². The van der Waals surface area contributed by atoms with Crippen molar-refractivity contribution in [1.29, 1.82) is 0 Å². The molecule has 0 radical (unpaired) electrons. The lowest BCUT2D eigenvalue weighted by molar-refractivity contribution is -0.956. The average Bonchev–Trinajstić information content (AvgIpc) is 3.36. The molecule has 0 aliphatic carbocycles. The van der Waals surface area contributed by atoms with Crippen molar-refractivity contribution in [2.24, 2.45) is 0 Å². The summed E-state index contributed by atoms with van der Waals surface area (Å²) in [7, 11) is 2.15. The van der Waals surface area contributed by atoms with Crippen molar-refractivity contribution in [3.63, 3.8) is 0 Å². The second kappa shape index (κ2) is 12.6. The summed E-state index contributed by atoms with van der Waals surface area (Å²) in [6.07, 6.45) is 2.54. The second-order valence-electron chi connectivity index (χ2n) is 12.7. The molecule has 1 aromatic heterocycles. The maximum atomic E-state index is 13.6. The van der Waals surface area contributed by atoms with Crippen molar-refractivity contribution in [1.82, 2.24) is 24.3 Å². The van der Waals surface area contributed by atoms with Gasteiger partial charge in [0, 0.05) is 50.6 Å². The summed E-state index contributed by atoms with van der Waals surface area (Å²) < 4.78 is 1.30. The van der Waals surface area contributed by atoms with E-state index in [-0.39, 0.29) is 31.2 Å². The number of benzene rings is 2. The molecule has 3 aromatic rings. The quantitative estimate of drug-likeness (QED) is 0.311. The Morgan fingerprint density at radius 2 is 1.75 bits per heavy atom. The highest BCUT2D eigenvalue weighted by Gasteiger charge is 2.60. The van der Waals surface area contributed by atoms with E-state index in [1.54, 1.807) is 22.8 Å². The molecule has 236 valence electrons. The van der Waals surface area contributed by atoms with Gasteiger partial charge in [0.1, 0.15) is 12.8 Å². The van der Waals surface area contributed by atoms with Gasteiger partial charge in [-0.3, -0.25) is 14.0 Å². The summed E-state index contributed by atoms with van der Waals surface area (Å²) in [6.45, 7) is 5.19. The fraction of sp³-hybridized carbons (Fsp3) is 0.531. The molecule has 3 atom stereocenters. The molecule has 3 aliphatic heterocycles. The predicted molar refractivity (Wildman–Crippen MR) is 169 cm³/mol. The maximum Gasteiger partial charge on any atom is 0.326 e. The Morgan fingerprint density at radius 1 is 1.02 bits per heavy atom. The van der Waals surface area contributed by atoms with Crippen molar-refractivity contribution in [3.05, 3.63) is 68.6 Å². The lowest BCUT2D eigenvalue weighted by Crippen LogP contribution is -2.79. The van der Waals surface area contributed by atoms with Gasteiger partial charge in [-0.15, -0.1) is 0 Å². The number of fused-ring (bicyclic) bond motifs is 1. The molecule has 3 saturated heterocycles. The summed E-state index contributed by atoms with van der Waals surface area (Å²) in [5.41, 5.74) is 0.819. The number of nitrogens with zero attached hydrogens (tertiary/aromatic N) is 5. The van der Waals surface area contributed by atoms with Gasteiger partial charge in [-0.1, -0.05) is 41.4 Å². The molecular weight excluding hydrogens is 603 g/mol. The van der Waals surface area contributed by atoms with Gasteiger partial charge < -0.3 is 24.6 Å². The average molecular weight is 644 g/mol. The number of aldehydes is 1. The Labute approximate surface area is 267 Å². The standard InChI is InChI=1S/C32H40Cl2N6O4/c1-36-12-8-24(9-13-36)37-14-16-38(17-15-37)32(11-19-41)21-25(39-29-5-3-2-4-28(29)35-30(39)42)10-18-40(32,31(43)44)22-23-6-7-26(33)27(34)20-23/h2-7,19-20,24-25H,8-18,21-22H2,1H3,(H-,35,42,43,44)/t25?,32?,40-/m0/s1. The Bertz CT molecular complexity index is 1580. The number of imidazole rings is 1. The number of H-pyrrole nitrogens is 1. The largest absolute Gasteiger partial charge is 0.498 e. The summed E-state index contributed by atoms with van der Waals surface area (Å²) in [4.78, 5) is 49.6. The van der Waals surface area contributed by atoms with Crippen molar-refractivity contribution >= 4 is 46.6 Å². The first-order valence-corrected chi connectivity index (χ1v) is 16.3. The summed E-state index contributed by atoms with van der Waals surface area (Å²) in [6, 6.07) is 12.9. The molecule has 2 unspecified atom stereocenters. The Hall–Kier alpha value is -2.73. The lowest BCUT2D eigenvalue weighted by atomic mass is 9.82. The van der Waals surface area contributed by atoms with Crippen LogP contribution in [0.2, 0.25) is 10.0 Å². The molecule has 4 heterocycles. The number of halogens is 2. The van der Waals surface area contributed by atoms with Gasteiger partial charge in [0.2, 0.25) is 0 Å². The van der Waals surface area contributed by atoms with E-state index in [9.17, 15) is 19.5 Å². The number of quaternary nitrogens is 1. The molecule has 12 heteroatoms. The van der Waals surface area contributed by atoms with Crippen molar-refractivity contribution in [2.45, 2.75) is 56.4 Å². The highest BCUT2D eigenvalue weighted by molar-refractivity contribution is 6.42. The van der Waals surface area contributed by atoms with Gasteiger partial charge in [0.25, 0.3) is 6.09 Å². The minimum absolute atomic E-state index is 0.00979. The number of hydrogen-bond acceptors (Lipinski definition) is 7. The van der Waals surface area contributed by atoms with Crippen molar-refractivity contribution < 1.29 is 19.2 Å². The molecule has 1 N–H and O–H groups in total. The van der Waals surface area contributed by atoms with Crippen LogP contribution in [0.25, 0.3) is 11.0 Å². The molecule has 44 heavy (non-hydrogen) atoms. The molecule has 2 aromatic carbocycles.